The van der Waals surface area contributed by atoms with E-state index in [1.54, 1.807) is 11.3 Å². The Morgan fingerprint density at radius 1 is 1.35 bits per heavy atom. The molecule has 126 valence electrons. The van der Waals surface area contributed by atoms with Gasteiger partial charge in [-0.05, 0) is 23.4 Å². The second-order valence-electron chi connectivity index (χ2n) is 5.23. The summed E-state index contributed by atoms with van der Waals surface area (Å²) in [6.07, 6.45) is 1.29. The number of carbonyl (C=O) groups is 3. The molecule has 8 heteroatoms. The number of carbonyl (C=O) groups excluding carboxylic acids is 2. The highest BCUT2D eigenvalue weighted by Crippen LogP contribution is 2.24. The number of fused-ring (bicyclic) bond motifs is 1. The topological polar surface area (TPSA) is 86.7 Å². The minimum atomic E-state index is -0.859. The summed E-state index contributed by atoms with van der Waals surface area (Å²) in [5.74, 6) is -0.422. The maximum absolute atomic E-state index is 12.2. The molecule has 2 heterocycles. The number of carboxylic acid groups (broad SMARTS) is 1. The zero-order chi connectivity index (χ0) is 16.7. The van der Waals surface area contributed by atoms with E-state index in [-0.39, 0.29) is 30.4 Å². The van der Waals surface area contributed by atoms with Gasteiger partial charge < -0.3 is 15.3 Å². The molecule has 0 atom stereocenters. The molecule has 0 unspecified atom stereocenters. The minimum absolute atomic E-state index is 0.0113. The summed E-state index contributed by atoms with van der Waals surface area (Å²) in [6, 6.07) is 2.06. The Morgan fingerprint density at radius 2 is 2.17 bits per heavy atom. The molecule has 0 saturated heterocycles. The lowest BCUT2D eigenvalue weighted by molar-refractivity contribution is -0.134. The van der Waals surface area contributed by atoms with Crippen molar-refractivity contribution in [3.63, 3.8) is 0 Å². The summed E-state index contributed by atoms with van der Waals surface area (Å²) in [5, 5.41) is 13.2. The average Bonchev–Trinajstić information content (AvgIpc) is 2.99. The molecule has 2 rings (SSSR count). The quantitative estimate of drug-likeness (QED) is 0.687. The largest absolute Gasteiger partial charge is 0.481 e. The van der Waals surface area contributed by atoms with Gasteiger partial charge in [0, 0.05) is 43.1 Å². The average molecular weight is 356 g/mol. The molecule has 0 bridgehead atoms. The smallest absolute Gasteiger partial charge is 0.313 e. The number of aliphatic carboxylic acids is 1. The monoisotopic (exact) mass is 356 g/mol. The number of amides is 2. The van der Waals surface area contributed by atoms with Crippen LogP contribution in [0.2, 0.25) is 0 Å². The Bertz CT molecular complexity index is 574. The zero-order valence-corrected chi connectivity index (χ0v) is 14.4. The van der Waals surface area contributed by atoms with Gasteiger partial charge in [-0.15, -0.1) is 23.1 Å². The third kappa shape index (κ3) is 5.87. The summed E-state index contributed by atoms with van der Waals surface area (Å²) in [7, 11) is 0. The number of carboxylic acids is 1. The first-order chi connectivity index (χ1) is 11.1. The van der Waals surface area contributed by atoms with E-state index >= 15 is 0 Å². The molecule has 0 radical (unpaired) electrons. The van der Waals surface area contributed by atoms with E-state index in [9.17, 15) is 14.4 Å². The molecule has 6 nitrogen and oxygen atoms in total. The predicted octanol–water partition coefficient (Wildman–Crippen LogP) is 1.35. The first-order valence-electron chi connectivity index (χ1n) is 7.45. The van der Waals surface area contributed by atoms with Gasteiger partial charge in [0.15, 0.2) is 0 Å². The second kappa shape index (κ2) is 8.93. The van der Waals surface area contributed by atoms with E-state index in [4.69, 9.17) is 5.11 Å². The van der Waals surface area contributed by atoms with E-state index < -0.39 is 5.97 Å². The number of thioether (sulfide) groups is 1. The van der Waals surface area contributed by atoms with Crippen LogP contribution < -0.4 is 5.32 Å². The molecular formula is C15H20N2O4S2. The summed E-state index contributed by atoms with van der Waals surface area (Å²) in [5.41, 5.74) is 1.22. The molecule has 2 amide bonds. The van der Waals surface area contributed by atoms with Crippen LogP contribution in [0.4, 0.5) is 0 Å². The molecule has 0 fully saturated rings. The van der Waals surface area contributed by atoms with Gasteiger partial charge in [0.2, 0.25) is 11.8 Å². The van der Waals surface area contributed by atoms with E-state index in [1.165, 1.54) is 22.2 Å². The molecule has 0 aliphatic carbocycles. The molecule has 0 spiro atoms. The van der Waals surface area contributed by atoms with Crippen LogP contribution in [0.3, 0.4) is 0 Å². The lowest BCUT2D eigenvalue weighted by Crippen LogP contribution is -2.36. The molecule has 1 aliphatic rings. The second-order valence-corrected chi connectivity index (χ2v) is 7.34. The molecule has 0 aromatic carbocycles. The zero-order valence-electron chi connectivity index (χ0n) is 12.7. The summed E-state index contributed by atoms with van der Waals surface area (Å²) < 4.78 is 0. The van der Waals surface area contributed by atoms with E-state index in [2.05, 4.69) is 16.8 Å². The standard InChI is InChI=1S/C15H20N2O4S2/c18-13(16-5-8-22-10-15(20)21)1-2-14(19)17-6-3-12-11(9-17)4-7-23-12/h4,7H,1-3,5-6,8-10H2,(H,16,18)(H,20,21). The van der Waals surface area contributed by atoms with Crippen LogP contribution in [0, 0.1) is 0 Å². The van der Waals surface area contributed by atoms with Crippen molar-refractivity contribution in [2.24, 2.45) is 0 Å². The van der Waals surface area contributed by atoms with Crippen LogP contribution in [-0.4, -0.2) is 52.4 Å². The highest BCUT2D eigenvalue weighted by Gasteiger charge is 2.21. The van der Waals surface area contributed by atoms with Gasteiger partial charge >= 0.3 is 5.97 Å². The number of hydrogen-bond donors (Lipinski definition) is 2. The van der Waals surface area contributed by atoms with Gasteiger partial charge in [-0.25, -0.2) is 0 Å². The van der Waals surface area contributed by atoms with Crippen molar-refractivity contribution in [2.45, 2.75) is 25.8 Å². The SMILES string of the molecule is O=C(O)CSCCNC(=O)CCC(=O)N1CCc2sccc2C1. The van der Waals surface area contributed by atoms with Crippen LogP contribution in [0.15, 0.2) is 11.4 Å². The van der Waals surface area contributed by atoms with Crippen molar-refractivity contribution >= 4 is 40.9 Å². The molecule has 1 aliphatic heterocycles. The van der Waals surface area contributed by atoms with Gasteiger partial charge in [-0.1, -0.05) is 0 Å². The fourth-order valence-corrected chi connectivity index (χ4v) is 3.81. The van der Waals surface area contributed by atoms with Crippen LogP contribution in [0.25, 0.3) is 0 Å². The Labute approximate surface area is 143 Å². The van der Waals surface area contributed by atoms with Gasteiger partial charge in [0.25, 0.3) is 0 Å². The Kier molecular flexibility index (Phi) is 6.91. The molecule has 1 aromatic heterocycles. The summed E-state index contributed by atoms with van der Waals surface area (Å²) in [4.78, 5) is 37.3. The molecule has 2 N–H and O–H groups in total. The van der Waals surface area contributed by atoms with E-state index in [0.29, 0.717) is 18.8 Å². The van der Waals surface area contributed by atoms with Crippen LogP contribution in [0.5, 0.6) is 0 Å². The van der Waals surface area contributed by atoms with Crippen molar-refractivity contribution in [3.05, 3.63) is 21.9 Å². The predicted molar refractivity (Wildman–Crippen MR) is 90.6 cm³/mol. The van der Waals surface area contributed by atoms with Crippen molar-refractivity contribution in [1.29, 1.82) is 0 Å². The Balaban J connectivity index is 1.61. The minimum Gasteiger partial charge on any atom is -0.481 e. The van der Waals surface area contributed by atoms with Crippen LogP contribution in [-0.2, 0) is 27.3 Å². The normalized spacial score (nSPS) is 13.5. The fraction of sp³-hybridized carbons (Fsp3) is 0.533. The third-order valence-corrected chi connectivity index (χ3v) is 5.49. The number of nitrogens with zero attached hydrogens (tertiary/aromatic N) is 1. The number of nitrogens with one attached hydrogen (secondary N) is 1. The lowest BCUT2D eigenvalue weighted by Gasteiger charge is -2.27. The van der Waals surface area contributed by atoms with Crippen LogP contribution >= 0.6 is 23.1 Å². The van der Waals surface area contributed by atoms with Gasteiger partial charge in [-0.2, -0.15) is 0 Å². The first-order valence-corrected chi connectivity index (χ1v) is 9.49. The highest BCUT2D eigenvalue weighted by atomic mass is 32.2. The van der Waals surface area contributed by atoms with E-state index in [0.717, 1.165) is 13.0 Å². The molecule has 1 aromatic rings. The number of hydrogen-bond acceptors (Lipinski definition) is 5. The molecular weight excluding hydrogens is 336 g/mol. The first kappa shape index (κ1) is 17.8. The van der Waals surface area contributed by atoms with E-state index in [1.807, 2.05) is 4.90 Å². The fourth-order valence-electron chi connectivity index (χ4n) is 2.35. The van der Waals surface area contributed by atoms with Crippen molar-refractivity contribution in [2.75, 3.05) is 24.6 Å². The highest BCUT2D eigenvalue weighted by molar-refractivity contribution is 7.99. The maximum Gasteiger partial charge on any atom is 0.313 e. The number of thiophene rings is 1. The van der Waals surface area contributed by atoms with Gasteiger partial charge in [0.1, 0.15) is 0 Å². The van der Waals surface area contributed by atoms with Crippen LogP contribution in [0.1, 0.15) is 23.3 Å². The number of rotatable bonds is 8. The van der Waals surface area contributed by atoms with Crippen molar-refractivity contribution in [1.82, 2.24) is 10.2 Å². The lowest BCUT2D eigenvalue weighted by atomic mass is 10.1. The Morgan fingerprint density at radius 3 is 2.96 bits per heavy atom. The molecule has 23 heavy (non-hydrogen) atoms. The third-order valence-electron chi connectivity index (χ3n) is 3.52. The van der Waals surface area contributed by atoms with Gasteiger partial charge in [0.05, 0.1) is 5.75 Å². The van der Waals surface area contributed by atoms with Gasteiger partial charge in [-0.3, -0.25) is 14.4 Å². The Hall–Kier alpha value is -1.54. The van der Waals surface area contributed by atoms with Crippen molar-refractivity contribution < 1.29 is 19.5 Å². The van der Waals surface area contributed by atoms with Crippen molar-refractivity contribution in [3.8, 4) is 0 Å². The molecule has 0 saturated carbocycles. The summed E-state index contributed by atoms with van der Waals surface area (Å²) in [6.45, 7) is 1.79. The summed E-state index contributed by atoms with van der Waals surface area (Å²) >= 11 is 2.99. The maximum atomic E-state index is 12.2.